The average molecular weight is 1350 g/mol. The monoisotopic (exact) mass is 1350 g/mol. The van der Waals surface area contributed by atoms with Gasteiger partial charge in [-0.25, -0.2) is 0 Å². The summed E-state index contributed by atoms with van der Waals surface area (Å²) in [6.45, 7) is 0. The molecule has 0 bridgehead atoms. The minimum absolute atomic E-state index is 0.913. The van der Waals surface area contributed by atoms with Gasteiger partial charge >= 0.3 is 0 Å². The molecule has 22 rings (SSSR count). The molecule has 105 heavy (non-hydrogen) atoms. The molecule has 4 aliphatic carbocycles. The fraction of sp³-hybridized carbons (Fsp3) is 0.157. The highest BCUT2D eigenvalue weighted by Crippen LogP contribution is 2.50. The van der Waals surface area contributed by atoms with Crippen molar-refractivity contribution in [3.63, 3.8) is 0 Å². The van der Waals surface area contributed by atoms with Crippen LogP contribution in [0.3, 0.4) is 0 Å². The van der Waals surface area contributed by atoms with Gasteiger partial charge in [0.05, 0.1) is 11.0 Å². The van der Waals surface area contributed by atoms with Crippen molar-refractivity contribution in [1.29, 1.82) is 0 Å². The van der Waals surface area contributed by atoms with E-state index in [1.54, 1.807) is 0 Å². The number of benzene rings is 15. The Kier molecular flexibility index (Phi) is 14.1. The van der Waals surface area contributed by atoms with E-state index in [1.165, 1.54) is 195 Å². The maximum atomic E-state index is 7.32. The average Bonchev–Trinajstić information content (AvgIpc) is 1.53. The van der Waals surface area contributed by atoms with E-state index in [9.17, 15) is 0 Å². The van der Waals surface area contributed by atoms with Crippen LogP contribution in [0.2, 0.25) is 0 Å². The highest BCUT2D eigenvalue weighted by atomic mass is 16.3. The number of aromatic nitrogens is 1. The second-order valence-electron chi connectivity index (χ2n) is 30.6. The molecule has 0 atom stereocenters. The van der Waals surface area contributed by atoms with E-state index in [-0.39, 0.29) is 0 Å². The van der Waals surface area contributed by atoms with Crippen molar-refractivity contribution in [3.8, 4) is 94.7 Å². The topological polar surface area (TPSA) is 31.2 Å². The van der Waals surface area contributed by atoms with Crippen molar-refractivity contribution in [3.05, 3.63) is 317 Å². The summed E-state index contributed by atoms with van der Waals surface area (Å²) in [4.78, 5) is 0. The molecule has 18 aromatic rings. The Labute approximate surface area is 611 Å². The Bertz CT molecular complexity index is 6290. The fourth-order valence-electron chi connectivity index (χ4n) is 19.8. The number of aryl methyl sites for hydroxylation is 4. The van der Waals surface area contributed by atoms with Crippen LogP contribution in [0.1, 0.15) is 95.9 Å². The molecule has 0 N–H and O–H groups in total. The van der Waals surface area contributed by atoms with Gasteiger partial charge in [-0.15, -0.1) is 0 Å². The lowest BCUT2D eigenvalue weighted by molar-refractivity contribution is 0.669. The Hall–Kier alpha value is -11.8. The molecule has 15 aromatic carbocycles. The largest absolute Gasteiger partial charge is 0.455 e. The Morgan fingerprint density at radius 1 is 0.210 bits per heavy atom. The van der Waals surface area contributed by atoms with Crippen molar-refractivity contribution in [1.82, 2.24) is 4.57 Å². The van der Waals surface area contributed by atoms with Crippen molar-refractivity contribution >= 4 is 87.2 Å². The van der Waals surface area contributed by atoms with Crippen molar-refractivity contribution in [2.45, 2.75) is 103 Å². The summed E-state index contributed by atoms with van der Waals surface area (Å²) in [5, 5.41) is 12.0. The molecule has 0 unspecified atom stereocenters. The molecule has 4 aliphatic rings. The minimum Gasteiger partial charge on any atom is -0.455 e. The molecule has 502 valence electrons. The van der Waals surface area contributed by atoms with Crippen molar-refractivity contribution < 1.29 is 8.83 Å². The lowest BCUT2D eigenvalue weighted by Crippen LogP contribution is -2.04. The summed E-state index contributed by atoms with van der Waals surface area (Å²) in [7, 11) is 0. The highest BCUT2D eigenvalue weighted by molar-refractivity contribution is 6.22. The summed E-state index contributed by atoms with van der Waals surface area (Å²) in [5.74, 6) is 0. The van der Waals surface area contributed by atoms with E-state index in [0.29, 0.717) is 0 Å². The Morgan fingerprint density at radius 3 is 0.943 bits per heavy atom. The second kappa shape index (κ2) is 24.4. The van der Waals surface area contributed by atoms with E-state index >= 15 is 0 Å². The zero-order chi connectivity index (χ0) is 68.8. The Balaban J connectivity index is 0.775. The molecule has 0 amide bonds. The predicted octanol–water partition coefficient (Wildman–Crippen LogP) is 27.7. The number of nitrogens with zero attached hydrogens (tertiary/aromatic N) is 1. The second-order valence-corrected chi connectivity index (χ2v) is 30.6. The van der Waals surface area contributed by atoms with Gasteiger partial charge in [-0.2, -0.15) is 0 Å². The van der Waals surface area contributed by atoms with Gasteiger partial charge in [0, 0.05) is 49.1 Å². The van der Waals surface area contributed by atoms with E-state index in [2.05, 4.69) is 278 Å². The van der Waals surface area contributed by atoms with Crippen molar-refractivity contribution in [2.24, 2.45) is 0 Å². The normalized spacial score (nSPS) is 14.4. The molecule has 0 fully saturated rings. The predicted molar refractivity (Wildman–Crippen MR) is 440 cm³/mol. The van der Waals surface area contributed by atoms with Crippen LogP contribution in [0.25, 0.3) is 182 Å². The maximum Gasteiger partial charge on any atom is 0.143 e. The van der Waals surface area contributed by atoms with Crippen LogP contribution in [0.5, 0.6) is 0 Å². The zero-order valence-corrected chi connectivity index (χ0v) is 59.1. The molecular formula is C102H77NO2. The molecule has 0 saturated heterocycles. The number of fused-ring (bicyclic) bond motifs is 15. The van der Waals surface area contributed by atoms with Crippen LogP contribution in [0.15, 0.2) is 282 Å². The lowest BCUT2D eigenvalue weighted by atomic mass is 9.84. The van der Waals surface area contributed by atoms with E-state index < -0.39 is 0 Å². The number of furan rings is 2. The van der Waals surface area contributed by atoms with Crippen LogP contribution in [-0.4, -0.2) is 4.57 Å². The van der Waals surface area contributed by atoms with Gasteiger partial charge in [0.2, 0.25) is 0 Å². The summed E-state index contributed by atoms with van der Waals surface area (Å²) >= 11 is 0. The fourth-order valence-corrected chi connectivity index (χ4v) is 19.8. The summed E-state index contributed by atoms with van der Waals surface area (Å²) in [6, 6.07) is 105. The van der Waals surface area contributed by atoms with Crippen LogP contribution >= 0.6 is 0 Å². The van der Waals surface area contributed by atoms with Gasteiger partial charge < -0.3 is 13.4 Å². The van der Waals surface area contributed by atoms with E-state index in [1.807, 2.05) is 0 Å². The van der Waals surface area contributed by atoms with Crippen LogP contribution in [-0.2, 0) is 51.4 Å². The van der Waals surface area contributed by atoms with E-state index in [0.717, 1.165) is 134 Å². The molecule has 3 heteroatoms. The quantitative estimate of drug-likeness (QED) is 0.135. The summed E-state index contributed by atoms with van der Waals surface area (Å²) in [6.07, 6.45) is 18.8. The number of hydrogen-bond acceptors (Lipinski definition) is 2. The van der Waals surface area contributed by atoms with Crippen LogP contribution in [0.4, 0.5) is 0 Å². The van der Waals surface area contributed by atoms with Gasteiger partial charge in [-0.05, 0) is 332 Å². The SMILES string of the molecule is c1ccc(-c2c3ccccc3c(-c3ccc(-n4c5ccc(-c6cc(-c7cccc8c7CCCC8)cc7c6oc6ccc(-c8cccc9c8CCCC9)cc67)cc5c5cc(-c6cc(-c7cccc8c7CCCC8)cc7c6oc6ccc(-c8cccc9c8CCCC9)cc67)ccc54)cc3)c3ccccc23)cc1. The standard InChI is InChI=1S/C102H77NO2/c1-2-24-66(25-3-1)99-83-34-12-14-36-85(83)100(86-37-15-13-35-84(86)99)67-42-48-74(49-43-67)103-95-50-44-70(87-58-72(81-40-18-28-64-22-6-10-32-77(64)81)60-93-91-56-68(46-52-97(91)104-101(87)93)79-38-16-26-62-20-4-8-30-75(62)79)54-89(95)90-55-71(45-51-96(90)103)88-59-73(82-41-19-29-65-23-7-11-33-78(65)82)61-94-92-57-69(47-53-98(92)105-102(88)94)80-39-17-27-63-21-5-9-31-76(63)80/h1-3,12-19,24-29,34-61H,4-11,20-23,30-33H2. The smallest absolute Gasteiger partial charge is 0.143 e. The third-order valence-corrected chi connectivity index (χ3v) is 24.8. The zero-order valence-electron chi connectivity index (χ0n) is 59.1. The Morgan fingerprint density at radius 2 is 0.533 bits per heavy atom. The first-order valence-electron chi connectivity index (χ1n) is 38.7. The molecule has 0 saturated carbocycles. The van der Waals surface area contributed by atoms with Gasteiger partial charge in [0.15, 0.2) is 0 Å². The molecule has 0 aliphatic heterocycles. The highest BCUT2D eigenvalue weighted by Gasteiger charge is 2.27. The van der Waals surface area contributed by atoms with Gasteiger partial charge in [-0.1, -0.05) is 188 Å². The maximum absolute atomic E-state index is 7.32. The van der Waals surface area contributed by atoms with Crippen LogP contribution in [0, 0.1) is 0 Å². The number of rotatable bonds is 9. The van der Waals surface area contributed by atoms with E-state index in [4.69, 9.17) is 8.83 Å². The lowest BCUT2D eigenvalue weighted by Gasteiger charge is -2.20. The first kappa shape index (κ1) is 60.8. The van der Waals surface area contributed by atoms with Gasteiger partial charge in [0.25, 0.3) is 0 Å². The van der Waals surface area contributed by atoms with Gasteiger partial charge in [-0.3, -0.25) is 0 Å². The first-order chi connectivity index (χ1) is 52.0. The minimum atomic E-state index is 0.913. The summed E-state index contributed by atoms with van der Waals surface area (Å²) < 4.78 is 17.1. The first-order valence-corrected chi connectivity index (χ1v) is 38.7. The van der Waals surface area contributed by atoms with Crippen molar-refractivity contribution in [2.75, 3.05) is 0 Å². The summed E-state index contributed by atoms with van der Waals surface area (Å²) in [5.41, 5.74) is 38.8. The third kappa shape index (κ3) is 9.84. The number of hydrogen-bond donors (Lipinski definition) is 0. The molecule has 3 aromatic heterocycles. The van der Waals surface area contributed by atoms with Gasteiger partial charge in [0.1, 0.15) is 22.3 Å². The van der Waals surface area contributed by atoms with Crippen LogP contribution < -0.4 is 0 Å². The molecule has 3 heterocycles. The third-order valence-electron chi connectivity index (χ3n) is 24.8. The molecular weight excluding hydrogens is 1270 g/mol. The molecule has 0 radical (unpaired) electrons. The molecule has 0 spiro atoms. The molecule has 3 nitrogen and oxygen atoms in total.